The highest BCUT2D eigenvalue weighted by molar-refractivity contribution is 6.08. The fourth-order valence-electron chi connectivity index (χ4n) is 2.02. The van der Waals surface area contributed by atoms with Gasteiger partial charge in [-0.1, -0.05) is 18.2 Å². The number of carbonyl (C=O) groups excluding carboxylic acids is 1. The number of benzene rings is 1. The van der Waals surface area contributed by atoms with Gasteiger partial charge in [0.05, 0.1) is 7.11 Å². The summed E-state index contributed by atoms with van der Waals surface area (Å²) in [6, 6.07) is 6.93. The van der Waals surface area contributed by atoms with E-state index in [1.54, 1.807) is 31.4 Å². The fourth-order valence-corrected chi connectivity index (χ4v) is 2.02. The first kappa shape index (κ1) is 16.3. The Balaban J connectivity index is 2.39. The molecule has 0 aliphatic heterocycles. The van der Waals surface area contributed by atoms with Gasteiger partial charge in [-0.3, -0.25) is 18.7 Å². The first-order valence-corrected chi connectivity index (χ1v) is 6.72. The molecule has 0 fully saturated rings. The van der Waals surface area contributed by atoms with Crippen LogP contribution in [-0.2, 0) is 14.1 Å². The smallest absolute Gasteiger partial charge is 0.333 e. The van der Waals surface area contributed by atoms with Gasteiger partial charge in [-0.15, -0.1) is 0 Å². The van der Waals surface area contributed by atoms with E-state index in [1.807, 2.05) is 0 Å². The molecule has 2 rings (SSSR count). The van der Waals surface area contributed by atoms with Gasteiger partial charge in [0.15, 0.2) is 5.78 Å². The SMILES string of the molecule is COc1ccc(/C=C/C(=O)c2c(O)n(C)c(=O)n(C)c2=O)cc1. The van der Waals surface area contributed by atoms with E-state index in [4.69, 9.17) is 4.74 Å². The lowest BCUT2D eigenvalue weighted by Gasteiger charge is -2.07. The van der Waals surface area contributed by atoms with E-state index in [0.29, 0.717) is 5.75 Å². The Hall–Kier alpha value is -3.09. The lowest BCUT2D eigenvalue weighted by molar-refractivity contribution is 0.104. The maximum absolute atomic E-state index is 12.2. The van der Waals surface area contributed by atoms with E-state index >= 15 is 0 Å². The minimum Gasteiger partial charge on any atom is -0.497 e. The number of aromatic nitrogens is 2. The van der Waals surface area contributed by atoms with Crippen molar-refractivity contribution in [1.29, 1.82) is 0 Å². The number of methoxy groups -OCH3 is 1. The highest BCUT2D eigenvalue weighted by Gasteiger charge is 2.19. The number of hydrogen-bond donors (Lipinski definition) is 1. The second kappa shape index (κ2) is 6.35. The molecule has 0 amide bonds. The number of carbonyl (C=O) groups is 1. The molecule has 0 radical (unpaired) electrons. The van der Waals surface area contributed by atoms with Crippen LogP contribution < -0.4 is 16.0 Å². The predicted molar refractivity (Wildman–Crippen MR) is 84.9 cm³/mol. The maximum atomic E-state index is 12.2. The number of rotatable bonds is 4. The third-order valence-corrected chi connectivity index (χ3v) is 3.42. The molecule has 0 saturated heterocycles. The lowest BCUT2D eigenvalue weighted by atomic mass is 10.1. The summed E-state index contributed by atoms with van der Waals surface area (Å²) in [5, 5.41) is 9.90. The summed E-state index contributed by atoms with van der Waals surface area (Å²) in [5.41, 5.74) is -1.27. The Kier molecular flexibility index (Phi) is 4.49. The predicted octanol–water partition coefficient (Wildman–Crippen LogP) is 0.694. The Morgan fingerprint density at radius 1 is 1.13 bits per heavy atom. The van der Waals surface area contributed by atoms with Crippen molar-refractivity contribution in [3.05, 3.63) is 62.3 Å². The summed E-state index contributed by atoms with van der Waals surface area (Å²) in [4.78, 5) is 35.9. The van der Waals surface area contributed by atoms with E-state index < -0.39 is 28.5 Å². The van der Waals surface area contributed by atoms with Crippen LogP contribution in [0.3, 0.4) is 0 Å². The zero-order chi connectivity index (χ0) is 17.1. The van der Waals surface area contributed by atoms with Crippen molar-refractivity contribution in [2.24, 2.45) is 14.1 Å². The lowest BCUT2D eigenvalue weighted by Crippen LogP contribution is -2.39. The molecule has 23 heavy (non-hydrogen) atoms. The first-order valence-electron chi connectivity index (χ1n) is 6.72. The molecule has 2 aromatic rings. The van der Waals surface area contributed by atoms with Gasteiger partial charge in [-0.05, 0) is 23.8 Å². The van der Waals surface area contributed by atoms with E-state index in [2.05, 4.69) is 0 Å². The van der Waals surface area contributed by atoms with Gasteiger partial charge >= 0.3 is 5.69 Å². The zero-order valence-electron chi connectivity index (χ0n) is 12.9. The molecular formula is C16H16N2O5. The molecule has 0 aliphatic carbocycles. The van der Waals surface area contributed by atoms with E-state index in [1.165, 1.54) is 26.2 Å². The highest BCUT2D eigenvalue weighted by atomic mass is 16.5. The van der Waals surface area contributed by atoms with Crippen LogP contribution in [0.25, 0.3) is 6.08 Å². The van der Waals surface area contributed by atoms with Crippen LogP contribution in [0.2, 0.25) is 0 Å². The number of ketones is 1. The molecule has 1 N–H and O–H groups in total. The maximum Gasteiger partial charge on any atom is 0.333 e. The average Bonchev–Trinajstić information content (AvgIpc) is 2.57. The van der Waals surface area contributed by atoms with Gasteiger partial charge in [-0.25, -0.2) is 4.79 Å². The molecule has 0 unspecified atom stereocenters. The summed E-state index contributed by atoms with van der Waals surface area (Å²) in [6.07, 6.45) is 2.68. The van der Waals surface area contributed by atoms with Gasteiger partial charge in [0.25, 0.3) is 5.56 Å². The van der Waals surface area contributed by atoms with Crippen LogP contribution in [0.1, 0.15) is 15.9 Å². The quantitative estimate of drug-likeness (QED) is 0.662. The van der Waals surface area contributed by atoms with Crippen molar-refractivity contribution < 1.29 is 14.6 Å². The van der Waals surface area contributed by atoms with Gasteiger partial charge in [-0.2, -0.15) is 0 Å². The molecule has 7 nitrogen and oxygen atoms in total. The molecule has 1 heterocycles. The molecule has 1 aromatic heterocycles. The van der Waals surface area contributed by atoms with E-state index in [9.17, 15) is 19.5 Å². The molecule has 0 saturated carbocycles. The van der Waals surface area contributed by atoms with Crippen LogP contribution in [-0.4, -0.2) is 27.1 Å². The number of aromatic hydroxyl groups is 1. The van der Waals surface area contributed by atoms with Crippen molar-refractivity contribution in [3.8, 4) is 11.6 Å². The van der Waals surface area contributed by atoms with Crippen LogP contribution >= 0.6 is 0 Å². The van der Waals surface area contributed by atoms with Gasteiger partial charge in [0.1, 0.15) is 11.3 Å². The van der Waals surface area contributed by atoms with Gasteiger partial charge in [0, 0.05) is 14.1 Å². The van der Waals surface area contributed by atoms with Crippen molar-refractivity contribution in [2.75, 3.05) is 7.11 Å². The Morgan fingerprint density at radius 2 is 1.74 bits per heavy atom. The Bertz CT molecular complexity index is 888. The summed E-state index contributed by atoms with van der Waals surface area (Å²) in [5.74, 6) is -0.657. The van der Waals surface area contributed by atoms with Crippen LogP contribution in [0.5, 0.6) is 11.6 Å². The summed E-state index contributed by atoms with van der Waals surface area (Å²) < 4.78 is 6.65. The second-order valence-corrected chi connectivity index (χ2v) is 4.88. The third kappa shape index (κ3) is 3.08. The standard InChI is InChI=1S/C16H16N2O5/c1-17-14(20)13(15(21)18(2)16(17)22)12(19)9-6-10-4-7-11(23-3)8-5-10/h4-9,20H,1-3H3/b9-6+. The highest BCUT2D eigenvalue weighted by Crippen LogP contribution is 2.14. The van der Waals surface area contributed by atoms with E-state index in [0.717, 1.165) is 14.7 Å². The van der Waals surface area contributed by atoms with Gasteiger partial charge < -0.3 is 9.84 Å². The fraction of sp³-hybridized carbons (Fsp3) is 0.188. The summed E-state index contributed by atoms with van der Waals surface area (Å²) >= 11 is 0. The van der Waals surface area contributed by atoms with Crippen molar-refractivity contribution in [2.45, 2.75) is 0 Å². The van der Waals surface area contributed by atoms with Crippen LogP contribution in [0.15, 0.2) is 39.9 Å². The topological polar surface area (TPSA) is 90.5 Å². The minimum absolute atomic E-state index is 0.445. The first-order chi connectivity index (χ1) is 10.9. The van der Waals surface area contributed by atoms with Crippen LogP contribution in [0.4, 0.5) is 0 Å². The normalized spacial score (nSPS) is 10.9. The second-order valence-electron chi connectivity index (χ2n) is 4.88. The van der Waals surface area contributed by atoms with Gasteiger partial charge in [0.2, 0.25) is 5.88 Å². The van der Waals surface area contributed by atoms with Crippen molar-refractivity contribution >= 4 is 11.9 Å². The van der Waals surface area contributed by atoms with Crippen molar-refractivity contribution in [3.63, 3.8) is 0 Å². The Labute approximate surface area is 131 Å². The third-order valence-electron chi connectivity index (χ3n) is 3.42. The number of allylic oxidation sites excluding steroid dienone is 1. The number of nitrogens with zero attached hydrogens (tertiary/aromatic N) is 2. The molecule has 1 aromatic carbocycles. The molecular weight excluding hydrogens is 300 g/mol. The molecule has 0 aliphatic rings. The minimum atomic E-state index is -0.838. The monoisotopic (exact) mass is 316 g/mol. The molecule has 0 bridgehead atoms. The summed E-state index contributed by atoms with van der Waals surface area (Å²) in [7, 11) is 4.07. The molecule has 7 heteroatoms. The average molecular weight is 316 g/mol. The summed E-state index contributed by atoms with van der Waals surface area (Å²) in [6.45, 7) is 0. The molecule has 0 atom stereocenters. The van der Waals surface area contributed by atoms with E-state index in [-0.39, 0.29) is 0 Å². The molecule has 0 spiro atoms. The number of ether oxygens (including phenoxy) is 1. The Morgan fingerprint density at radius 3 is 2.30 bits per heavy atom. The zero-order valence-corrected chi connectivity index (χ0v) is 12.9. The molecule has 120 valence electrons. The number of hydrogen-bond acceptors (Lipinski definition) is 5. The van der Waals surface area contributed by atoms with Crippen molar-refractivity contribution in [1.82, 2.24) is 9.13 Å². The van der Waals surface area contributed by atoms with Crippen LogP contribution in [0, 0.1) is 0 Å². The largest absolute Gasteiger partial charge is 0.497 e.